The predicted octanol–water partition coefficient (Wildman–Crippen LogP) is 4.09. The molecule has 5 nitrogen and oxygen atoms in total. The molecule has 8 heteroatoms. The molecule has 0 spiro atoms. The van der Waals surface area contributed by atoms with Crippen molar-refractivity contribution in [3.8, 4) is 0 Å². The van der Waals surface area contributed by atoms with Crippen LogP contribution < -0.4 is 5.73 Å². The maximum Gasteiger partial charge on any atom is 0.217 e. The zero-order valence-corrected chi connectivity index (χ0v) is 18.8. The first-order valence-electron chi connectivity index (χ1n) is 10.2. The van der Waals surface area contributed by atoms with Crippen molar-refractivity contribution in [2.24, 2.45) is 17.6 Å². The molecule has 1 heterocycles. The lowest BCUT2D eigenvalue weighted by Crippen LogP contribution is -2.23. The summed E-state index contributed by atoms with van der Waals surface area (Å²) in [6.07, 6.45) is 7.86. The van der Waals surface area contributed by atoms with E-state index in [1.54, 1.807) is 0 Å². The normalized spacial score (nSPS) is 25.7. The maximum atomic E-state index is 10.7. The van der Waals surface area contributed by atoms with Crippen LogP contribution in [0.4, 0.5) is 0 Å². The Labute approximate surface area is 186 Å². The molecular formula is C21H31Cl2NO4S. The Morgan fingerprint density at radius 1 is 1.24 bits per heavy atom. The minimum atomic E-state index is -0.546. The molecule has 1 aliphatic carbocycles. The summed E-state index contributed by atoms with van der Waals surface area (Å²) < 4.78 is 1.31. The first kappa shape index (κ1) is 24.6. The fraction of sp³-hybridized carbons (Fsp3) is 0.667. The van der Waals surface area contributed by atoms with Gasteiger partial charge in [-0.15, -0.1) is 11.3 Å². The van der Waals surface area contributed by atoms with Crippen molar-refractivity contribution < 1.29 is 20.1 Å². The molecule has 1 aromatic rings. The van der Waals surface area contributed by atoms with Crippen LogP contribution in [0.5, 0.6) is 0 Å². The Hall–Kier alpha value is -0.630. The molecule has 1 amide bonds. The van der Waals surface area contributed by atoms with Crippen molar-refractivity contribution in [3.05, 3.63) is 32.5 Å². The van der Waals surface area contributed by atoms with Gasteiger partial charge in [0.05, 0.1) is 27.0 Å². The van der Waals surface area contributed by atoms with Crippen LogP contribution in [0.1, 0.15) is 56.9 Å². The number of nitrogens with two attached hydrogens (primary N) is 1. The molecule has 1 aromatic heterocycles. The number of unbranched alkanes of at least 4 members (excludes halogenated alkanes) is 1. The lowest BCUT2D eigenvalue weighted by atomic mass is 9.85. The Morgan fingerprint density at radius 2 is 1.97 bits per heavy atom. The number of hydrogen-bond donors (Lipinski definition) is 4. The second kappa shape index (κ2) is 12.3. The number of halogens is 2. The number of hydrogen-bond acceptors (Lipinski definition) is 5. The third kappa shape index (κ3) is 8.19. The van der Waals surface area contributed by atoms with Crippen molar-refractivity contribution in [2.45, 2.75) is 76.1 Å². The van der Waals surface area contributed by atoms with E-state index in [0.29, 0.717) is 53.6 Å². The summed E-state index contributed by atoms with van der Waals surface area (Å²) in [4.78, 5) is 10.7. The van der Waals surface area contributed by atoms with Gasteiger partial charge in [-0.05, 0) is 74.8 Å². The van der Waals surface area contributed by atoms with Crippen LogP contribution in [0.2, 0.25) is 8.67 Å². The highest BCUT2D eigenvalue weighted by molar-refractivity contribution is 7.20. The van der Waals surface area contributed by atoms with E-state index in [0.717, 1.165) is 18.4 Å². The Kier molecular flexibility index (Phi) is 10.4. The van der Waals surface area contributed by atoms with Gasteiger partial charge < -0.3 is 21.1 Å². The molecule has 0 aliphatic heterocycles. The van der Waals surface area contributed by atoms with Crippen molar-refractivity contribution in [2.75, 3.05) is 0 Å². The monoisotopic (exact) mass is 463 g/mol. The van der Waals surface area contributed by atoms with Crippen molar-refractivity contribution in [1.29, 1.82) is 0 Å². The summed E-state index contributed by atoms with van der Waals surface area (Å²) in [5.41, 5.74) is 6.08. The Bertz CT molecular complexity index is 682. The van der Waals surface area contributed by atoms with Crippen molar-refractivity contribution in [3.63, 3.8) is 0 Å². The van der Waals surface area contributed by atoms with Crippen LogP contribution in [0, 0.1) is 11.8 Å². The van der Waals surface area contributed by atoms with Gasteiger partial charge in [-0.3, -0.25) is 4.79 Å². The molecule has 164 valence electrons. The Balaban J connectivity index is 1.76. The fourth-order valence-corrected chi connectivity index (χ4v) is 5.61. The van der Waals surface area contributed by atoms with Gasteiger partial charge in [0.1, 0.15) is 0 Å². The molecule has 5 N–H and O–H groups in total. The van der Waals surface area contributed by atoms with Gasteiger partial charge in [0, 0.05) is 6.42 Å². The number of carbonyl (C=O) groups is 1. The van der Waals surface area contributed by atoms with Crippen molar-refractivity contribution >= 4 is 40.4 Å². The van der Waals surface area contributed by atoms with Crippen LogP contribution in [-0.2, 0) is 11.2 Å². The van der Waals surface area contributed by atoms with E-state index in [4.69, 9.17) is 28.9 Å². The number of aliphatic hydroxyl groups is 3. The summed E-state index contributed by atoms with van der Waals surface area (Å²) >= 11 is 13.4. The summed E-state index contributed by atoms with van der Waals surface area (Å²) in [6, 6.07) is 1.84. The standard InChI is InChI=1S/C21H31Cl2NO4S/c22-19-11-13(21(23)29-19)7-8-14(25)9-10-16-15(17(26)12-18(16)27)5-3-1-2-4-6-20(24)28/h1,3,11,14-18,25-27H,2,4-10,12H2,(H2,24,28)/t14?,15-,16-,17?,18?/m1/s1. The second-order valence-corrected chi connectivity index (χ2v) is 10.2. The third-order valence-electron chi connectivity index (χ3n) is 5.70. The number of allylic oxidation sites excluding steroid dienone is 2. The maximum absolute atomic E-state index is 10.7. The molecule has 0 radical (unpaired) electrons. The van der Waals surface area contributed by atoms with E-state index in [2.05, 4.69) is 0 Å². The summed E-state index contributed by atoms with van der Waals surface area (Å²) in [6.45, 7) is 0. The molecule has 0 saturated heterocycles. The highest BCUT2D eigenvalue weighted by Gasteiger charge is 2.40. The second-order valence-electron chi connectivity index (χ2n) is 7.88. The third-order valence-corrected chi connectivity index (χ3v) is 7.27. The van der Waals surface area contributed by atoms with E-state index in [-0.39, 0.29) is 17.7 Å². The lowest BCUT2D eigenvalue weighted by molar-refractivity contribution is -0.118. The van der Waals surface area contributed by atoms with Crippen molar-refractivity contribution in [1.82, 2.24) is 0 Å². The number of aliphatic hydroxyl groups excluding tert-OH is 3. The zero-order chi connectivity index (χ0) is 21.4. The van der Waals surface area contributed by atoms with Crippen LogP contribution >= 0.6 is 34.5 Å². The van der Waals surface area contributed by atoms with E-state index in [9.17, 15) is 20.1 Å². The van der Waals surface area contributed by atoms with E-state index < -0.39 is 18.3 Å². The number of rotatable bonds is 12. The molecule has 1 aliphatic rings. The smallest absolute Gasteiger partial charge is 0.217 e. The molecule has 2 rings (SSSR count). The van der Waals surface area contributed by atoms with Crippen LogP contribution in [0.3, 0.4) is 0 Å². The van der Waals surface area contributed by atoms with Crippen LogP contribution in [-0.4, -0.2) is 39.5 Å². The van der Waals surface area contributed by atoms with E-state index in [1.807, 2.05) is 18.2 Å². The topological polar surface area (TPSA) is 104 Å². The van der Waals surface area contributed by atoms with E-state index in [1.165, 1.54) is 11.3 Å². The van der Waals surface area contributed by atoms with Crippen LogP contribution in [0.15, 0.2) is 18.2 Å². The lowest BCUT2D eigenvalue weighted by Gasteiger charge is -2.23. The number of carbonyl (C=O) groups excluding carboxylic acids is 1. The molecule has 0 aromatic carbocycles. The average molecular weight is 464 g/mol. The Morgan fingerprint density at radius 3 is 2.62 bits per heavy atom. The number of aryl methyl sites for hydroxylation is 1. The van der Waals surface area contributed by atoms with Gasteiger partial charge in [0.15, 0.2) is 0 Å². The molecule has 3 unspecified atom stereocenters. The average Bonchev–Trinajstić information content (AvgIpc) is 3.11. The first-order valence-corrected chi connectivity index (χ1v) is 11.8. The molecule has 1 saturated carbocycles. The summed E-state index contributed by atoms with van der Waals surface area (Å²) in [5, 5.41) is 31.0. The quantitative estimate of drug-likeness (QED) is 0.276. The minimum absolute atomic E-state index is 0.0188. The van der Waals surface area contributed by atoms with Gasteiger partial charge in [-0.2, -0.15) is 0 Å². The highest BCUT2D eigenvalue weighted by Crippen LogP contribution is 2.39. The molecule has 5 atom stereocenters. The fourth-order valence-electron chi connectivity index (χ4n) is 4.07. The summed E-state index contributed by atoms with van der Waals surface area (Å²) in [5.74, 6) is -0.348. The highest BCUT2D eigenvalue weighted by atomic mass is 35.5. The van der Waals surface area contributed by atoms with Gasteiger partial charge in [-0.25, -0.2) is 0 Å². The van der Waals surface area contributed by atoms with Gasteiger partial charge in [0.25, 0.3) is 0 Å². The first-order chi connectivity index (χ1) is 13.8. The number of thiophene rings is 1. The molecule has 29 heavy (non-hydrogen) atoms. The molecule has 1 fully saturated rings. The van der Waals surface area contributed by atoms with Crippen LogP contribution in [0.25, 0.3) is 0 Å². The molecule has 0 bridgehead atoms. The van der Waals surface area contributed by atoms with E-state index >= 15 is 0 Å². The number of amides is 1. The van der Waals surface area contributed by atoms with Gasteiger partial charge >= 0.3 is 0 Å². The van der Waals surface area contributed by atoms with Gasteiger partial charge in [-0.1, -0.05) is 35.4 Å². The zero-order valence-electron chi connectivity index (χ0n) is 16.5. The predicted molar refractivity (Wildman–Crippen MR) is 118 cm³/mol. The molecular weight excluding hydrogens is 433 g/mol. The minimum Gasteiger partial charge on any atom is -0.393 e. The number of primary amides is 1. The largest absolute Gasteiger partial charge is 0.393 e. The SMILES string of the molecule is NC(=O)CCCC=CC[C@H]1C(O)CC(O)[C@@H]1CCC(O)CCc1cc(Cl)sc1Cl. The summed E-state index contributed by atoms with van der Waals surface area (Å²) in [7, 11) is 0. The van der Waals surface area contributed by atoms with Gasteiger partial charge in [0.2, 0.25) is 5.91 Å².